The van der Waals surface area contributed by atoms with Crippen molar-refractivity contribution in [3.8, 4) is 0 Å². The summed E-state index contributed by atoms with van der Waals surface area (Å²) in [5.74, 6) is -1.15. The van der Waals surface area contributed by atoms with Gasteiger partial charge in [0.15, 0.2) is 0 Å². The van der Waals surface area contributed by atoms with Gasteiger partial charge in [0, 0.05) is 18.2 Å². The first kappa shape index (κ1) is 17.9. The van der Waals surface area contributed by atoms with Crippen molar-refractivity contribution in [1.29, 1.82) is 0 Å². The zero-order chi connectivity index (χ0) is 18.2. The van der Waals surface area contributed by atoms with E-state index in [1.807, 2.05) is 0 Å². The van der Waals surface area contributed by atoms with Gasteiger partial charge in [-0.3, -0.25) is 9.59 Å². The molecule has 2 aromatic carbocycles. The summed E-state index contributed by atoms with van der Waals surface area (Å²) in [5, 5.41) is 2.74. The molecule has 2 rings (SSSR count). The van der Waals surface area contributed by atoms with Crippen molar-refractivity contribution in [3.05, 3.63) is 76.9 Å². The Labute approximate surface area is 145 Å². The molecule has 0 unspecified atom stereocenters. The molecule has 0 saturated carbocycles. The van der Waals surface area contributed by atoms with E-state index in [0.717, 1.165) is 11.1 Å². The number of nitrogens with one attached hydrogen (secondary N) is 1. The molecule has 3 N–H and O–H groups in total. The van der Waals surface area contributed by atoms with Gasteiger partial charge < -0.3 is 15.8 Å². The maximum absolute atomic E-state index is 11.8. The fourth-order valence-electron chi connectivity index (χ4n) is 2.06. The summed E-state index contributed by atoms with van der Waals surface area (Å²) in [4.78, 5) is 34.2. The number of methoxy groups -OCH3 is 1. The number of benzene rings is 2. The van der Waals surface area contributed by atoms with E-state index in [1.165, 1.54) is 13.2 Å². The van der Waals surface area contributed by atoms with Crippen molar-refractivity contribution in [1.82, 2.24) is 5.32 Å². The second-order valence-electron chi connectivity index (χ2n) is 5.23. The Balaban J connectivity index is 1.88. The van der Waals surface area contributed by atoms with Crippen LogP contribution in [0.15, 0.2) is 54.6 Å². The van der Waals surface area contributed by atoms with Crippen LogP contribution in [0, 0.1) is 0 Å². The predicted octanol–water partition coefficient (Wildman–Crippen LogP) is 1.90. The molecule has 0 aliphatic heterocycles. The molecular weight excluding hydrogens is 320 g/mol. The SMILES string of the molecule is COC(=O)c1ccc(/C=C/C(=O)NCc2ccc(C(N)=O)cc2)cc1. The van der Waals surface area contributed by atoms with Gasteiger partial charge in [0.2, 0.25) is 11.8 Å². The largest absolute Gasteiger partial charge is 0.465 e. The molecule has 2 aromatic rings. The van der Waals surface area contributed by atoms with E-state index in [4.69, 9.17) is 5.73 Å². The van der Waals surface area contributed by atoms with Gasteiger partial charge in [0.25, 0.3) is 0 Å². The first-order valence-corrected chi connectivity index (χ1v) is 7.52. The van der Waals surface area contributed by atoms with E-state index < -0.39 is 11.9 Å². The number of carbonyl (C=O) groups excluding carboxylic acids is 3. The first-order chi connectivity index (χ1) is 12.0. The number of nitrogens with two attached hydrogens (primary N) is 1. The molecule has 6 heteroatoms. The quantitative estimate of drug-likeness (QED) is 0.621. The van der Waals surface area contributed by atoms with Gasteiger partial charge >= 0.3 is 5.97 Å². The minimum Gasteiger partial charge on any atom is -0.465 e. The summed E-state index contributed by atoms with van der Waals surface area (Å²) in [5.41, 5.74) is 7.68. The predicted molar refractivity (Wildman–Crippen MR) is 93.6 cm³/mol. The molecule has 0 saturated heterocycles. The molecule has 0 spiro atoms. The highest BCUT2D eigenvalue weighted by Crippen LogP contribution is 2.07. The molecule has 0 aromatic heterocycles. The van der Waals surface area contributed by atoms with Crippen molar-refractivity contribution in [3.63, 3.8) is 0 Å². The highest BCUT2D eigenvalue weighted by atomic mass is 16.5. The Morgan fingerprint density at radius 2 is 1.60 bits per heavy atom. The lowest BCUT2D eigenvalue weighted by Crippen LogP contribution is -2.20. The molecule has 128 valence electrons. The summed E-state index contributed by atoms with van der Waals surface area (Å²) in [6.07, 6.45) is 3.05. The highest BCUT2D eigenvalue weighted by Gasteiger charge is 2.04. The van der Waals surface area contributed by atoms with Crippen molar-refractivity contribution in [2.45, 2.75) is 6.54 Å². The van der Waals surface area contributed by atoms with Crippen LogP contribution in [0.1, 0.15) is 31.8 Å². The lowest BCUT2D eigenvalue weighted by Gasteiger charge is -2.03. The molecule has 6 nitrogen and oxygen atoms in total. The van der Waals surface area contributed by atoms with Crippen molar-refractivity contribution < 1.29 is 19.1 Å². The number of primary amides is 1. The standard InChI is InChI=1S/C19H18N2O4/c1-25-19(24)16-9-2-13(3-10-16)6-11-17(22)21-12-14-4-7-15(8-5-14)18(20)23/h2-11H,12H2,1H3,(H2,20,23)(H,21,22)/b11-6+. The summed E-state index contributed by atoms with van der Waals surface area (Å²) < 4.78 is 4.62. The molecule has 0 atom stereocenters. The monoisotopic (exact) mass is 338 g/mol. The van der Waals surface area contributed by atoms with E-state index in [-0.39, 0.29) is 5.91 Å². The second-order valence-corrected chi connectivity index (χ2v) is 5.23. The lowest BCUT2D eigenvalue weighted by molar-refractivity contribution is -0.116. The number of esters is 1. The Morgan fingerprint density at radius 3 is 2.16 bits per heavy atom. The number of ether oxygens (including phenoxy) is 1. The van der Waals surface area contributed by atoms with Crippen LogP contribution < -0.4 is 11.1 Å². The van der Waals surface area contributed by atoms with Crippen LogP contribution in [0.5, 0.6) is 0 Å². The van der Waals surface area contributed by atoms with Gasteiger partial charge in [-0.2, -0.15) is 0 Å². The van der Waals surface area contributed by atoms with Gasteiger partial charge in [-0.25, -0.2) is 4.79 Å². The number of carbonyl (C=O) groups is 3. The topological polar surface area (TPSA) is 98.5 Å². The van der Waals surface area contributed by atoms with Gasteiger partial charge in [0.1, 0.15) is 0 Å². The minimum absolute atomic E-state index is 0.254. The Kier molecular flexibility index (Phi) is 6.06. The molecule has 0 heterocycles. The smallest absolute Gasteiger partial charge is 0.337 e. The van der Waals surface area contributed by atoms with Crippen LogP contribution in [0.25, 0.3) is 6.08 Å². The molecule has 0 bridgehead atoms. The van der Waals surface area contributed by atoms with Crippen LogP contribution in [0.3, 0.4) is 0 Å². The zero-order valence-electron chi connectivity index (χ0n) is 13.7. The average molecular weight is 338 g/mol. The summed E-state index contributed by atoms with van der Waals surface area (Å²) in [7, 11) is 1.32. The van der Waals surface area contributed by atoms with E-state index >= 15 is 0 Å². The van der Waals surface area contributed by atoms with Gasteiger partial charge in [-0.1, -0.05) is 24.3 Å². The van der Waals surface area contributed by atoms with Crippen LogP contribution in [0.2, 0.25) is 0 Å². The zero-order valence-corrected chi connectivity index (χ0v) is 13.7. The number of amides is 2. The van der Waals surface area contributed by atoms with Crippen molar-refractivity contribution >= 4 is 23.9 Å². The normalized spacial score (nSPS) is 10.4. The maximum Gasteiger partial charge on any atom is 0.337 e. The highest BCUT2D eigenvalue weighted by molar-refractivity contribution is 5.93. The first-order valence-electron chi connectivity index (χ1n) is 7.52. The van der Waals surface area contributed by atoms with Gasteiger partial charge in [-0.15, -0.1) is 0 Å². The average Bonchev–Trinajstić information content (AvgIpc) is 2.64. The Bertz CT molecular complexity index is 793. The number of hydrogen-bond acceptors (Lipinski definition) is 4. The fourth-order valence-corrected chi connectivity index (χ4v) is 2.06. The molecule has 2 amide bonds. The molecule has 0 aliphatic rings. The van der Waals surface area contributed by atoms with E-state index in [9.17, 15) is 14.4 Å². The molecular formula is C19H18N2O4. The number of hydrogen-bond donors (Lipinski definition) is 2. The molecule has 25 heavy (non-hydrogen) atoms. The Hall–Kier alpha value is -3.41. The van der Waals surface area contributed by atoms with E-state index in [0.29, 0.717) is 17.7 Å². The summed E-state index contributed by atoms with van der Waals surface area (Å²) >= 11 is 0. The van der Waals surface area contributed by atoms with Crippen molar-refractivity contribution in [2.75, 3.05) is 7.11 Å². The fraction of sp³-hybridized carbons (Fsp3) is 0.105. The maximum atomic E-state index is 11.8. The second kappa shape index (κ2) is 8.44. The van der Waals surface area contributed by atoms with E-state index in [2.05, 4.69) is 10.1 Å². The lowest BCUT2D eigenvalue weighted by atomic mass is 10.1. The molecule has 0 radical (unpaired) electrons. The van der Waals surface area contributed by atoms with Gasteiger partial charge in [0.05, 0.1) is 12.7 Å². The third-order valence-electron chi connectivity index (χ3n) is 3.46. The van der Waals surface area contributed by atoms with Crippen LogP contribution >= 0.6 is 0 Å². The van der Waals surface area contributed by atoms with Crippen LogP contribution in [-0.4, -0.2) is 24.9 Å². The van der Waals surface area contributed by atoms with Crippen molar-refractivity contribution in [2.24, 2.45) is 5.73 Å². The van der Waals surface area contributed by atoms with Crippen LogP contribution in [0.4, 0.5) is 0 Å². The summed E-state index contributed by atoms with van der Waals surface area (Å²) in [6.45, 7) is 0.337. The third kappa shape index (κ3) is 5.31. The molecule has 0 aliphatic carbocycles. The third-order valence-corrected chi connectivity index (χ3v) is 3.46. The molecule has 0 fully saturated rings. The minimum atomic E-state index is -0.489. The Morgan fingerprint density at radius 1 is 1.00 bits per heavy atom. The van der Waals surface area contributed by atoms with Crippen LogP contribution in [-0.2, 0) is 16.1 Å². The number of rotatable bonds is 6. The van der Waals surface area contributed by atoms with E-state index in [1.54, 1.807) is 54.6 Å². The summed E-state index contributed by atoms with van der Waals surface area (Å²) in [6, 6.07) is 13.4. The van der Waals surface area contributed by atoms with Gasteiger partial charge in [-0.05, 0) is 41.5 Å².